The average Bonchev–Trinajstić information content (AvgIpc) is 3.35. The van der Waals surface area contributed by atoms with Gasteiger partial charge in [0.05, 0.1) is 12.0 Å². The van der Waals surface area contributed by atoms with Gasteiger partial charge in [-0.25, -0.2) is 19.8 Å². The Bertz CT molecular complexity index is 3280. The van der Waals surface area contributed by atoms with Crippen LogP contribution in [0.15, 0.2) is 218 Å². The molecular formula is C57H36N4O. The van der Waals surface area contributed by atoms with Crippen molar-refractivity contribution >= 4 is 16.5 Å². The third-order valence-electron chi connectivity index (χ3n) is 11.8. The number of nitrogens with zero attached hydrogens (tertiary/aromatic N) is 4. The molecule has 5 heteroatoms. The summed E-state index contributed by atoms with van der Waals surface area (Å²) in [7, 11) is 0. The summed E-state index contributed by atoms with van der Waals surface area (Å²) in [5.41, 5.74) is 11.2. The molecule has 1 aliphatic heterocycles. The SMILES string of the molecule is [C-]#[N+]c1ccc(-c2nc(-c3ccccc3)nc(-c3cccc(-c4cccc(-c5cccc6c5Oc5cc7ccccc7cc5C6(c5ccccc5)c5ccccc5)c4)c3)n2)cc1. The molecule has 0 atom stereocenters. The van der Waals surface area contributed by atoms with Crippen LogP contribution in [0.4, 0.5) is 5.69 Å². The van der Waals surface area contributed by atoms with Gasteiger partial charge in [0.15, 0.2) is 23.2 Å². The maximum absolute atomic E-state index is 7.41. The van der Waals surface area contributed by atoms with Crippen LogP contribution in [0.5, 0.6) is 11.5 Å². The molecule has 10 aromatic rings. The molecule has 2 heterocycles. The lowest BCUT2D eigenvalue weighted by Crippen LogP contribution is -2.34. The van der Waals surface area contributed by atoms with Gasteiger partial charge in [-0.3, -0.25) is 0 Å². The molecule has 0 bridgehead atoms. The summed E-state index contributed by atoms with van der Waals surface area (Å²) < 4.78 is 7.16. The van der Waals surface area contributed by atoms with Crippen LogP contribution in [0.25, 0.3) is 72.0 Å². The van der Waals surface area contributed by atoms with E-state index >= 15 is 0 Å². The minimum absolute atomic E-state index is 0.545. The molecule has 11 rings (SSSR count). The van der Waals surface area contributed by atoms with Crippen molar-refractivity contribution in [2.45, 2.75) is 5.41 Å². The first kappa shape index (κ1) is 36.6. The highest BCUT2D eigenvalue weighted by molar-refractivity contribution is 5.89. The predicted molar refractivity (Wildman–Crippen MR) is 249 cm³/mol. The molecule has 0 saturated carbocycles. The standard InChI is InChI=1S/C57H36N4O/c1-58-48-32-30-39(31-33-48)55-59-54(38-16-5-2-6-17-38)60-56(61-55)45-23-14-21-41(35-45)40-20-13-22-44(34-40)49-28-15-29-50-53(49)62-52-37-43-19-12-11-18-42(43)36-51(52)57(50,46-24-7-3-8-25-46)47-26-9-4-10-27-47/h2-37H. The van der Waals surface area contributed by atoms with E-state index in [1.54, 1.807) is 12.1 Å². The molecule has 0 saturated heterocycles. The van der Waals surface area contributed by atoms with Crippen LogP contribution in [-0.2, 0) is 5.41 Å². The van der Waals surface area contributed by atoms with Gasteiger partial charge in [-0.05, 0) is 62.9 Å². The second kappa shape index (κ2) is 15.3. The molecule has 9 aromatic carbocycles. The van der Waals surface area contributed by atoms with Crippen molar-refractivity contribution in [2.24, 2.45) is 0 Å². The fourth-order valence-corrected chi connectivity index (χ4v) is 8.93. The zero-order valence-electron chi connectivity index (χ0n) is 33.5. The third kappa shape index (κ3) is 6.30. The summed E-state index contributed by atoms with van der Waals surface area (Å²) in [6.45, 7) is 7.41. The lowest BCUT2D eigenvalue weighted by atomic mass is 9.63. The van der Waals surface area contributed by atoms with Gasteiger partial charge in [-0.15, -0.1) is 0 Å². The van der Waals surface area contributed by atoms with E-state index in [-0.39, 0.29) is 0 Å². The van der Waals surface area contributed by atoms with Crippen molar-refractivity contribution in [2.75, 3.05) is 0 Å². The quantitative estimate of drug-likeness (QED) is 0.151. The molecule has 0 fully saturated rings. The van der Waals surface area contributed by atoms with Crippen molar-refractivity contribution < 1.29 is 4.74 Å². The Balaban J connectivity index is 1.05. The van der Waals surface area contributed by atoms with Gasteiger partial charge >= 0.3 is 0 Å². The highest BCUT2D eigenvalue weighted by Gasteiger charge is 2.46. The largest absolute Gasteiger partial charge is 0.456 e. The predicted octanol–water partition coefficient (Wildman–Crippen LogP) is 14.4. The smallest absolute Gasteiger partial charge is 0.187 e. The summed E-state index contributed by atoms with van der Waals surface area (Å²) in [4.78, 5) is 18.4. The molecule has 0 spiro atoms. The van der Waals surface area contributed by atoms with Gasteiger partial charge in [0.1, 0.15) is 11.5 Å². The number of rotatable bonds is 7. The van der Waals surface area contributed by atoms with Crippen LogP contribution in [0, 0.1) is 6.57 Å². The number of hydrogen-bond donors (Lipinski definition) is 0. The van der Waals surface area contributed by atoms with E-state index < -0.39 is 5.41 Å². The van der Waals surface area contributed by atoms with Crippen molar-refractivity contribution in [3.8, 4) is 67.9 Å². The molecule has 0 amide bonds. The third-order valence-corrected chi connectivity index (χ3v) is 11.8. The second-order valence-electron chi connectivity index (χ2n) is 15.5. The second-order valence-corrected chi connectivity index (χ2v) is 15.5. The molecule has 1 aliphatic rings. The molecule has 5 nitrogen and oxygen atoms in total. The van der Waals surface area contributed by atoms with Gasteiger partial charge in [0.2, 0.25) is 0 Å². The molecule has 0 N–H and O–H groups in total. The van der Waals surface area contributed by atoms with Crippen LogP contribution in [-0.4, -0.2) is 15.0 Å². The number of hydrogen-bond acceptors (Lipinski definition) is 4. The number of benzene rings is 9. The monoisotopic (exact) mass is 792 g/mol. The Morgan fingerprint density at radius 2 is 0.871 bits per heavy atom. The van der Waals surface area contributed by atoms with E-state index in [2.05, 4.69) is 163 Å². The maximum Gasteiger partial charge on any atom is 0.187 e. The van der Waals surface area contributed by atoms with E-state index in [4.69, 9.17) is 26.3 Å². The molecule has 290 valence electrons. The van der Waals surface area contributed by atoms with Crippen molar-refractivity contribution in [1.82, 2.24) is 15.0 Å². The Morgan fingerprint density at radius 1 is 0.387 bits per heavy atom. The summed E-state index contributed by atoms with van der Waals surface area (Å²) in [6, 6.07) is 75.6. The fraction of sp³-hybridized carbons (Fsp3) is 0.0175. The van der Waals surface area contributed by atoms with Gasteiger partial charge in [0.25, 0.3) is 0 Å². The fourth-order valence-electron chi connectivity index (χ4n) is 8.93. The average molecular weight is 793 g/mol. The number of fused-ring (bicyclic) bond motifs is 3. The zero-order valence-corrected chi connectivity index (χ0v) is 33.5. The minimum atomic E-state index is -0.654. The van der Waals surface area contributed by atoms with Crippen LogP contribution >= 0.6 is 0 Å². The number of para-hydroxylation sites is 1. The summed E-state index contributed by atoms with van der Waals surface area (Å²) >= 11 is 0. The highest BCUT2D eigenvalue weighted by Crippen LogP contribution is 2.58. The summed E-state index contributed by atoms with van der Waals surface area (Å²) in [5, 5.41) is 2.30. The normalized spacial score (nSPS) is 12.4. The molecular weight excluding hydrogens is 757 g/mol. The first-order valence-corrected chi connectivity index (χ1v) is 20.6. The van der Waals surface area contributed by atoms with Gasteiger partial charge < -0.3 is 4.74 Å². The van der Waals surface area contributed by atoms with Crippen molar-refractivity contribution in [3.63, 3.8) is 0 Å². The molecule has 62 heavy (non-hydrogen) atoms. The lowest BCUT2D eigenvalue weighted by molar-refractivity contribution is 0.437. The minimum Gasteiger partial charge on any atom is -0.456 e. The first-order chi connectivity index (χ1) is 30.7. The van der Waals surface area contributed by atoms with Crippen LogP contribution in [0.2, 0.25) is 0 Å². The molecule has 0 radical (unpaired) electrons. The van der Waals surface area contributed by atoms with E-state index in [0.29, 0.717) is 23.2 Å². The van der Waals surface area contributed by atoms with Gasteiger partial charge in [0, 0.05) is 33.4 Å². The highest BCUT2D eigenvalue weighted by atomic mass is 16.5. The Hall–Kier alpha value is -8.46. The summed E-state index contributed by atoms with van der Waals surface area (Å²) in [6.07, 6.45) is 0. The van der Waals surface area contributed by atoms with E-state index in [0.717, 1.165) is 67.0 Å². The van der Waals surface area contributed by atoms with Crippen LogP contribution in [0.1, 0.15) is 22.3 Å². The topological polar surface area (TPSA) is 52.3 Å². The lowest BCUT2D eigenvalue weighted by Gasteiger charge is -2.42. The number of aromatic nitrogens is 3. The molecule has 0 unspecified atom stereocenters. The van der Waals surface area contributed by atoms with Crippen molar-refractivity contribution in [3.05, 3.63) is 252 Å². The maximum atomic E-state index is 7.41. The van der Waals surface area contributed by atoms with E-state index in [1.807, 2.05) is 48.5 Å². The first-order valence-electron chi connectivity index (χ1n) is 20.6. The van der Waals surface area contributed by atoms with Gasteiger partial charge in [-0.2, -0.15) is 0 Å². The number of ether oxygens (including phenoxy) is 1. The Morgan fingerprint density at radius 3 is 1.50 bits per heavy atom. The zero-order chi connectivity index (χ0) is 41.5. The van der Waals surface area contributed by atoms with Crippen LogP contribution < -0.4 is 4.74 Å². The Labute approximate surface area is 360 Å². The van der Waals surface area contributed by atoms with E-state index in [9.17, 15) is 0 Å². The summed E-state index contributed by atoms with van der Waals surface area (Å²) in [5.74, 6) is 3.37. The molecule has 0 aliphatic carbocycles. The van der Waals surface area contributed by atoms with Gasteiger partial charge in [-0.1, -0.05) is 194 Å². The molecule has 1 aromatic heterocycles. The van der Waals surface area contributed by atoms with E-state index in [1.165, 1.54) is 16.5 Å². The Kier molecular flexibility index (Phi) is 9.03. The van der Waals surface area contributed by atoms with Crippen LogP contribution in [0.3, 0.4) is 0 Å². The van der Waals surface area contributed by atoms with Crippen molar-refractivity contribution in [1.29, 1.82) is 0 Å².